The second kappa shape index (κ2) is 4.28. The molecule has 15 heavy (non-hydrogen) atoms. The van der Waals surface area contributed by atoms with Crippen LogP contribution in [0.2, 0.25) is 0 Å². The Morgan fingerprint density at radius 3 is 2.47 bits per heavy atom. The molecular weight excluding hydrogens is 338 g/mol. The molecule has 0 unspecified atom stereocenters. The third kappa shape index (κ3) is 2.27. The van der Waals surface area contributed by atoms with Crippen molar-refractivity contribution in [2.24, 2.45) is 0 Å². The lowest BCUT2D eigenvalue weighted by molar-refractivity contribution is 1.52. The Morgan fingerprint density at radius 1 is 1.20 bits per heavy atom. The Hall–Kier alpha value is -0.320. The molecule has 1 aromatic carbocycles. The number of nitrogen functional groups attached to an aromatic ring is 1. The van der Waals surface area contributed by atoms with Gasteiger partial charge in [0.05, 0.1) is 3.79 Å². The SMILES string of the molecule is Cc1cc(-c2ccc(N)c(Br)c2)sc1Br. The molecule has 0 amide bonds. The fourth-order valence-corrected chi connectivity index (χ4v) is 3.19. The highest BCUT2D eigenvalue weighted by Gasteiger charge is 2.06. The van der Waals surface area contributed by atoms with Gasteiger partial charge in [-0.15, -0.1) is 11.3 Å². The third-order valence-electron chi connectivity index (χ3n) is 2.14. The summed E-state index contributed by atoms with van der Waals surface area (Å²) in [4.78, 5) is 1.25. The molecule has 4 heteroatoms. The van der Waals surface area contributed by atoms with E-state index < -0.39 is 0 Å². The van der Waals surface area contributed by atoms with Gasteiger partial charge in [-0.25, -0.2) is 0 Å². The summed E-state index contributed by atoms with van der Waals surface area (Å²) in [7, 11) is 0. The lowest BCUT2D eigenvalue weighted by Gasteiger charge is -2.01. The normalized spacial score (nSPS) is 10.6. The number of nitrogens with two attached hydrogens (primary N) is 1. The van der Waals surface area contributed by atoms with Gasteiger partial charge in [-0.3, -0.25) is 0 Å². The Labute approximate surface area is 110 Å². The van der Waals surface area contributed by atoms with Gasteiger partial charge in [0.25, 0.3) is 0 Å². The summed E-state index contributed by atoms with van der Waals surface area (Å²) in [5.74, 6) is 0. The number of halogens is 2. The number of rotatable bonds is 1. The first-order valence-corrected chi connectivity index (χ1v) is 6.79. The van der Waals surface area contributed by atoms with Crippen molar-refractivity contribution in [2.75, 3.05) is 5.73 Å². The molecule has 0 atom stereocenters. The zero-order valence-corrected chi connectivity index (χ0v) is 12.0. The minimum absolute atomic E-state index is 0.770. The van der Waals surface area contributed by atoms with Crippen molar-refractivity contribution >= 4 is 48.9 Å². The molecule has 0 bridgehead atoms. The van der Waals surface area contributed by atoms with E-state index in [1.54, 1.807) is 11.3 Å². The van der Waals surface area contributed by atoms with E-state index in [0.717, 1.165) is 10.2 Å². The van der Waals surface area contributed by atoms with E-state index in [1.165, 1.54) is 19.8 Å². The van der Waals surface area contributed by atoms with Crippen LogP contribution in [0.3, 0.4) is 0 Å². The van der Waals surface area contributed by atoms with Crippen molar-refractivity contribution in [3.05, 3.63) is 38.1 Å². The quantitative estimate of drug-likeness (QED) is 0.735. The smallest absolute Gasteiger partial charge is 0.0734 e. The molecule has 1 nitrogen and oxygen atoms in total. The molecule has 0 aliphatic carbocycles. The molecular formula is C11H9Br2NS. The number of benzene rings is 1. The highest BCUT2D eigenvalue weighted by molar-refractivity contribution is 9.11. The summed E-state index contributed by atoms with van der Waals surface area (Å²) in [5.41, 5.74) is 8.98. The van der Waals surface area contributed by atoms with E-state index in [2.05, 4.69) is 44.8 Å². The van der Waals surface area contributed by atoms with Gasteiger partial charge in [-0.1, -0.05) is 6.07 Å². The fourth-order valence-electron chi connectivity index (χ4n) is 1.28. The van der Waals surface area contributed by atoms with Crippen LogP contribution in [0.1, 0.15) is 5.56 Å². The maximum Gasteiger partial charge on any atom is 0.0734 e. The second-order valence-electron chi connectivity index (χ2n) is 3.30. The number of hydrogen-bond donors (Lipinski definition) is 1. The maximum atomic E-state index is 5.75. The molecule has 2 aromatic rings. The molecule has 1 heterocycles. The topological polar surface area (TPSA) is 26.0 Å². The lowest BCUT2D eigenvalue weighted by atomic mass is 10.1. The molecule has 2 rings (SSSR count). The van der Waals surface area contributed by atoms with Gasteiger partial charge in [0, 0.05) is 15.0 Å². The van der Waals surface area contributed by atoms with E-state index in [0.29, 0.717) is 0 Å². The zero-order chi connectivity index (χ0) is 11.0. The molecule has 78 valence electrons. The minimum Gasteiger partial charge on any atom is -0.398 e. The molecule has 2 N–H and O–H groups in total. The van der Waals surface area contributed by atoms with Crippen molar-refractivity contribution in [1.82, 2.24) is 0 Å². The Balaban J connectivity index is 2.49. The first-order valence-electron chi connectivity index (χ1n) is 4.39. The molecule has 0 spiro atoms. The summed E-state index contributed by atoms with van der Waals surface area (Å²) < 4.78 is 2.13. The summed E-state index contributed by atoms with van der Waals surface area (Å²) in [6.45, 7) is 2.09. The first-order chi connectivity index (χ1) is 7.08. The van der Waals surface area contributed by atoms with Crippen LogP contribution in [0.15, 0.2) is 32.5 Å². The summed E-state index contributed by atoms with van der Waals surface area (Å²) in [6, 6.07) is 8.18. The standard InChI is InChI=1S/C11H9Br2NS/c1-6-4-10(15-11(6)13)7-2-3-9(14)8(12)5-7/h2-5H,14H2,1H3. The monoisotopic (exact) mass is 345 g/mol. The van der Waals surface area contributed by atoms with Crippen LogP contribution >= 0.6 is 43.2 Å². The number of aryl methyl sites for hydroxylation is 1. The lowest BCUT2D eigenvalue weighted by Crippen LogP contribution is -1.85. The van der Waals surface area contributed by atoms with Crippen LogP contribution in [-0.2, 0) is 0 Å². The summed E-state index contributed by atoms with van der Waals surface area (Å²) >= 11 is 8.70. The largest absolute Gasteiger partial charge is 0.398 e. The highest BCUT2D eigenvalue weighted by atomic mass is 79.9. The number of anilines is 1. The van der Waals surface area contributed by atoms with Gasteiger partial charge in [-0.05, 0) is 68.1 Å². The van der Waals surface area contributed by atoms with Gasteiger partial charge in [0.2, 0.25) is 0 Å². The van der Waals surface area contributed by atoms with E-state index >= 15 is 0 Å². The Bertz CT molecular complexity index is 486. The third-order valence-corrected chi connectivity index (χ3v) is 5.01. The van der Waals surface area contributed by atoms with Gasteiger partial charge < -0.3 is 5.73 Å². The fraction of sp³-hybridized carbons (Fsp3) is 0.0909. The van der Waals surface area contributed by atoms with E-state index in [1.807, 2.05) is 18.2 Å². The van der Waals surface area contributed by atoms with Crippen LogP contribution in [0.5, 0.6) is 0 Å². The first kappa shape index (κ1) is 11.2. The number of hydrogen-bond acceptors (Lipinski definition) is 2. The molecule has 0 saturated heterocycles. The Morgan fingerprint density at radius 2 is 1.93 bits per heavy atom. The van der Waals surface area contributed by atoms with Crippen molar-refractivity contribution < 1.29 is 0 Å². The molecule has 0 aliphatic heterocycles. The Kier molecular flexibility index (Phi) is 3.19. The van der Waals surface area contributed by atoms with Gasteiger partial charge in [0.1, 0.15) is 0 Å². The average molecular weight is 347 g/mol. The van der Waals surface area contributed by atoms with Crippen LogP contribution in [0, 0.1) is 6.92 Å². The van der Waals surface area contributed by atoms with Crippen molar-refractivity contribution in [2.45, 2.75) is 6.92 Å². The number of thiophene rings is 1. The molecule has 0 fully saturated rings. The van der Waals surface area contributed by atoms with Crippen molar-refractivity contribution in [3.63, 3.8) is 0 Å². The summed E-state index contributed by atoms with van der Waals surface area (Å²) in [6.07, 6.45) is 0. The van der Waals surface area contributed by atoms with E-state index in [4.69, 9.17) is 5.73 Å². The van der Waals surface area contributed by atoms with Crippen LogP contribution in [0.4, 0.5) is 5.69 Å². The maximum absolute atomic E-state index is 5.75. The predicted octanol–water partition coefficient (Wildman–Crippen LogP) is 4.83. The highest BCUT2D eigenvalue weighted by Crippen LogP contribution is 2.36. The molecule has 0 aliphatic rings. The summed E-state index contributed by atoms with van der Waals surface area (Å²) in [5, 5.41) is 0. The van der Waals surface area contributed by atoms with Crippen LogP contribution in [0.25, 0.3) is 10.4 Å². The van der Waals surface area contributed by atoms with Crippen LogP contribution < -0.4 is 5.73 Å². The second-order valence-corrected chi connectivity index (χ2v) is 6.53. The van der Waals surface area contributed by atoms with E-state index in [-0.39, 0.29) is 0 Å². The van der Waals surface area contributed by atoms with Gasteiger partial charge >= 0.3 is 0 Å². The van der Waals surface area contributed by atoms with Crippen molar-refractivity contribution in [3.8, 4) is 10.4 Å². The van der Waals surface area contributed by atoms with Crippen LogP contribution in [-0.4, -0.2) is 0 Å². The average Bonchev–Trinajstić information content (AvgIpc) is 2.52. The minimum atomic E-state index is 0.770. The molecule has 1 aromatic heterocycles. The van der Waals surface area contributed by atoms with E-state index in [9.17, 15) is 0 Å². The molecule has 0 saturated carbocycles. The zero-order valence-electron chi connectivity index (χ0n) is 8.05. The van der Waals surface area contributed by atoms with Gasteiger partial charge in [-0.2, -0.15) is 0 Å². The molecule has 0 radical (unpaired) electrons. The van der Waals surface area contributed by atoms with Crippen molar-refractivity contribution in [1.29, 1.82) is 0 Å². The van der Waals surface area contributed by atoms with Gasteiger partial charge in [0.15, 0.2) is 0 Å². The predicted molar refractivity (Wildman–Crippen MR) is 74.3 cm³/mol.